The van der Waals surface area contributed by atoms with Crippen molar-refractivity contribution in [2.75, 3.05) is 13.7 Å². The number of carboxylic acids is 1. The number of methoxy groups -OCH3 is 1. The van der Waals surface area contributed by atoms with E-state index in [0.717, 1.165) is 0 Å². The third-order valence-electron chi connectivity index (χ3n) is 3.42. The fraction of sp³-hybridized carbons (Fsp3) is 0.385. The van der Waals surface area contributed by atoms with Crippen molar-refractivity contribution in [3.8, 4) is 5.75 Å². The number of hydrogen-bond donors (Lipinski definition) is 1. The Labute approximate surface area is 120 Å². The van der Waals surface area contributed by atoms with Crippen LogP contribution in [-0.2, 0) is 4.79 Å². The molecule has 1 saturated heterocycles. The van der Waals surface area contributed by atoms with Crippen LogP contribution >= 0.6 is 0 Å². The molecule has 1 N–H and O–H groups in total. The van der Waals surface area contributed by atoms with Gasteiger partial charge in [0.1, 0.15) is 6.04 Å². The van der Waals surface area contributed by atoms with Gasteiger partial charge in [0.05, 0.1) is 12.0 Å². The number of benzene rings is 1. The highest BCUT2D eigenvalue weighted by Crippen LogP contribution is 2.29. The van der Waals surface area contributed by atoms with E-state index in [1.807, 2.05) is 0 Å². The maximum atomic E-state index is 12.3. The highest BCUT2D eigenvalue weighted by molar-refractivity contribution is 5.97. The highest BCUT2D eigenvalue weighted by atomic mass is 16.6. The number of likely N-dealkylation sites (tertiary alicyclic amines) is 1. The summed E-state index contributed by atoms with van der Waals surface area (Å²) in [6.07, 6.45) is 1.03. The number of ether oxygens (including phenoxy) is 1. The van der Waals surface area contributed by atoms with Crippen LogP contribution in [0.3, 0.4) is 0 Å². The summed E-state index contributed by atoms with van der Waals surface area (Å²) in [7, 11) is 1.27. The van der Waals surface area contributed by atoms with Crippen molar-refractivity contribution in [1.82, 2.24) is 4.90 Å². The lowest BCUT2D eigenvalue weighted by Gasteiger charge is -2.21. The van der Waals surface area contributed by atoms with Crippen LogP contribution in [0.15, 0.2) is 18.2 Å². The van der Waals surface area contributed by atoms with Crippen LogP contribution < -0.4 is 4.74 Å². The molecule has 1 atom stereocenters. The van der Waals surface area contributed by atoms with Gasteiger partial charge in [0, 0.05) is 24.2 Å². The second kappa shape index (κ2) is 5.78. The van der Waals surface area contributed by atoms with Crippen molar-refractivity contribution in [3.05, 3.63) is 33.9 Å². The normalized spacial score (nSPS) is 17.6. The van der Waals surface area contributed by atoms with E-state index in [9.17, 15) is 19.7 Å². The van der Waals surface area contributed by atoms with Gasteiger partial charge >= 0.3 is 11.7 Å². The van der Waals surface area contributed by atoms with Gasteiger partial charge < -0.3 is 14.7 Å². The number of carboxylic acid groups (broad SMARTS) is 1. The first-order valence-corrected chi connectivity index (χ1v) is 6.32. The van der Waals surface area contributed by atoms with Gasteiger partial charge in [0.25, 0.3) is 5.91 Å². The lowest BCUT2D eigenvalue weighted by atomic mass is 10.1. The predicted molar refractivity (Wildman–Crippen MR) is 71.3 cm³/mol. The molecular formula is C13H14N2O6. The number of rotatable bonds is 4. The van der Waals surface area contributed by atoms with Gasteiger partial charge in [-0.1, -0.05) is 0 Å². The van der Waals surface area contributed by atoms with Gasteiger partial charge in [0.2, 0.25) is 0 Å². The van der Waals surface area contributed by atoms with Gasteiger partial charge in [-0.3, -0.25) is 14.9 Å². The van der Waals surface area contributed by atoms with E-state index in [1.165, 1.54) is 30.2 Å². The lowest BCUT2D eigenvalue weighted by molar-refractivity contribution is -0.385. The monoisotopic (exact) mass is 294 g/mol. The summed E-state index contributed by atoms with van der Waals surface area (Å²) in [6, 6.07) is 2.90. The minimum atomic E-state index is -1.05. The third-order valence-corrected chi connectivity index (χ3v) is 3.42. The predicted octanol–water partition coefficient (Wildman–Crippen LogP) is 1.29. The number of hydrogen-bond acceptors (Lipinski definition) is 5. The second-order valence-corrected chi connectivity index (χ2v) is 4.64. The van der Waals surface area contributed by atoms with E-state index in [0.29, 0.717) is 19.4 Å². The molecule has 1 fully saturated rings. The summed E-state index contributed by atoms with van der Waals surface area (Å²) in [4.78, 5) is 34.9. The molecule has 0 radical (unpaired) electrons. The minimum absolute atomic E-state index is 0.0306. The zero-order valence-corrected chi connectivity index (χ0v) is 11.3. The van der Waals surface area contributed by atoms with Crippen LogP contribution in [0.2, 0.25) is 0 Å². The topological polar surface area (TPSA) is 110 Å². The molecule has 1 aromatic carbocycles. The van der Waals surface area contributed by atoms with E-state index in [2.05, 4.69) is 0 Å². The number of aliphatic carboxylic acids is 1. The van der Waals surface area contributed by atoms with Crippen LogP contribution in [0, 0.1) is 10.1 Å². The molecule has 1 aliphatic rings. The molecule has 2 rings (SSSR count). The molecule has 1 heterocycles. The zero-order valence-electron chi connectivity index (χ0n) is 11.3. The molecule has 0 aromatic heterocycles. The average Bonchev–Trinajstić information content (AvgIpc) is 2.95. The first kappa shape index (κ1) is 14.8. The zero-order chi connectivity index (χ0) is 15.6. The number of amides is 1. The number of carbonyl (C=O) groups excluding carboxylic acids is 1. The minimum Gasteiger partial charge on any atom is -0.490 e. The summed E-state index contributed by atoms with van der Waals surface area (Å²) in [5.74, 6) is -1.54. The van der Waals surface area contributed by atoms with Crippen molar-refractivity contribution in [3.63, 3.8) is 0 Å². The van der Waals surface area contributed by atoms with E-state index in [4.69, 9.17) is 9.84 Å². The number of nitrogens with zero attached hydrogens (tertiary/aromatic N) is 2. The maximum absolute atomic E-state index is 12.3. The quantitative estimate of drug-likeness (QED) is 0.662. The molecule has 0 aliphatic carbocycles. The van der Waals surface area contributed by atoms with Gasteiger partial charge in [-0.25, -0.2) is 4.79 Å². The fourth-order valence-corrected chi connectivity index (χ4v) is 2.39. The fourth-order valence-electron chi connectivity index (χ4n) is 2.39. The van der Waals surface area contributed by atoms with Gasteiger partial charge in [-0.15, -0.1) is 0 Å². The lowest BCUT2D eigenvalue weighted by Crippen LogP contribution is -2.40. The molecule has 1 amide bonds. The molecule has 8 nitrogen and oxygen atoms in total. The Kier molecular flexibility index (Phi) is 4.06. The van der Waals surface area contributed by atoms with Crippen LogP contribution in [0.4, 0.5) is 5.69 Å². The van der Waals surface area contributed by atoms with Gasteiger partial charge in [0.15, 0.2) is 5.75 Å². The second-order valence-electron chi connectivity index (χ2n) is 4.64. The van der Waals surface area contributed by atoms with Crippen molar-refractivity contribution < 1.29 is 24.4 Å². The summed E-state index contributed by atoms with van der Waals surface area (Å²) in [5, 5.41) is 19.9. The molecule has 0 bridgehead atoms. The molecule has 0 saturated carbocycles. The van der Waals surface area contributed by atoms with E-state index >= 15 is 0 Å². The average molecular weight is 294 g/mol. The maximum Gasteiger partial charge on any atom is 0.326 e. The third kappa shape index (κ3) is 2.78. The van der Waals surface area contributed by atoms with Crippen molar-refractivity contribution in [1.29, 1.82) is 0 Å². The Morgan fingerprint density at radius 1 is 1.48 bits per heavy atom. The molecule has 21 heavy (non-hydrogen) atoms. The molecule has 112 valence electrons. The first-order chi connectivity index (χ1) is 9.95. The Morgan fingerprint density at radius 2 is 2.19 bits per heavy atom. The Hall–Kier alpha value is -2.64. The molecule has 0 spiro atoms. The number of nitro benzene ring substituents is 1. The number of nitro groups is 1. The van der Waals surface area contributed by atoms with Crippen LogP contribution in [0.5, 0.6) is 5.75 Å². The van der Waals surface area contributed by atoms with Gasteiger partial charge in [-0.2, -0.15) is 0 Å². The molecule has 1 aliphatic heterocycles. The summed E-state index contributed by atoms with van der Waals surface area (Å²) in [6.45, 7) is 0.356. The number of carbonyl (C=O) groups is 2. The standard InChI is InChI=1S/C13H14N2O6/c1-21-11-7-8(4-5-9(11)15(19)20)12(16)14-6-2-3-10(14)13(17)18/h4-5,7,10H,2-3,6H2,1H3,(H,17,18). The Bertz CT molecular complexity index is 600. The summed E-state index contributed by atoms with van der Waals surface area (Å²) < 4.78 is 4.91. The largest absolute Gasteiger partial charge is 0.490 e. The first-order valence-electron chi connectivity index (χ1n) is 6.32. The van der Waals surface area contributed by atoms with Gasteiger partial charge in [-0.05, 0) is 18.9 Å². The van der Waals surface area contributed by atoms with Crippen LogP contribution in [-0.4, -0.2) is 46.5 Å². The van der Waals surface area contributed by atoms with E-state index < -0.39 is 22.8 Å². The molecule has 1 unspecified atom stereocenters. The highest BCUT2D eigenvalue weighted by Gasteiger charge is 2.34. The SMILES string of the molecule is COc1cc(C(=O)N2CCCC2C(=O)O)ccc1[N+](=O)[O-]. The molecular weight excluding hydrogens is 280 g/mol. The summed E-state index contributed by atoms with van der Waals surface area (Å²) in [5.41, 5.74) is -0.0733. The van der Waals surface area contributed by atoms with E-state index in [1.54, 1.807) is 0 Å². The molecule has 1 aromatic rings. The van der Waals surface area contributed by atoms with Crippen molar-refractivity contribution in [2.24, 2.45) is 0 Å². The summed E-state index contributed by atoms with van der Waals surface area (Å²) >= 11 is 0. The van der Waals surface area contributed by atoms with Crippen molar-refractivity contribution in [2.45, 2.75) is 18.9 Å². The Morgan fingerprint density at radius 3 is 2.76 bits per heavy atom. The smallest absolute Gasteiger partial charge is 0.326 e. The Balaban J connectivity index is 2.31. The van der Waals surface area contributed by atoms with Crippen molar-refractivity contribution >= 4 is 17.6 Å². The molecule has 8 heteroatoms. The van der Waals surface area contributed by atoms with E-state index in [-0.39, 0.29) is 17.0 Å². The van der Waals surface area contributed by atoms with Crippen LogP contribution in [0.25, 0.3) is 0 Å². The van der Waals surface area contributed by atoms with Crippen LogP contribution in [0.1, 0.15) is 23.2 Å².